The van der Waals surface area contributed by atoms with Crippen LogP contribution in [0.5, 0.6) is 0 Å². The van der Waals surface area contributed by atoms with Crippen LogP contribution in [0.3, 0.4) is 0 Å². The third kappa shape index (κ3) is 4.18. The van der Waals surface area contributed by atoms with Gasteiger partial charge in [-0.2, -0.15) is 0 Å². The van der Waals surface area contributed by atoms with Crippen LogP contribution in [-0.2, 0) is 9.59 Å². The Balaban J connectivity index is 1.34. The fraction of sp³-hybridized carbons (Fsp3) is 0.526. The van der Waals surface area contributed by atoms with Gasteiger partial charge in [-0.05, 0) is 55.4 Å². The van der Waals surface area contributed by atoms with Gasteiger partial charge in [0.25, 0.3) is 5.91 Å². The predicted octanol–water partition coefficient (Wildman–Crippen LogP) is 2.56. The molecular weight excluding hydrogens is 356 g/mol. The van der Waals surface area contributed by atoms with Gasteiger partial charge in [0.05, 0.1) is 5.92 Å². The summed E-state index contributed by atoms with van der Waals surface area (Å²) in [5.41, 5.74) is 0.481. The fourth-order valence-electron chi connectivity index (χ4n) is 3.75. The molecule has 1 heterocycles. The Morgan fingerprint density at radius 3 is 2.42 bits per heavy atom. The van der Waals surface area contributed by atoms with Gasteiger partial charge in [0, 0.05) is 36.6 Å². The summed E-state index contributed by atoms with van der Waals surface area (Å²) >= 11 is 5.79. The number of piperidine rings is 1. The van der Waals surface area contributed by atoms with E-state index in [1.54, 1.807) is 24.3 Å². The van der Waals surface area contributed by atoms with Crippen LogP contribution in [0.15, 0.2) is 24.3 Å². The third-order valence-electron chi connectivity index (χ3n) is 5.56. The normalized spacial score (nSPS) is 20.7. The molecule has 1 aliphatic carbocycles. The lowest BCUT2D eigenvalue weighted by Crippen LogP contribution is -2.40. The largest absolute Gasteiger partial charge is 0.481 e. The molecule has 0 radical (unpaired) electrons. The van der Waals surface area contributed by atoms with Crippen LogP contribution >= 0.6 is 11.6 Å². The molecule has 0 bridgehead atoms. The van der Waals surface area contributed by atoms with Crippen molar-refractivity contribution >= 4 is 29.4 Å². The van der Waals surface area contributed by atoms with Crippen molar-refractivity contribution in [3.63, 3.8) is 0 Å². The van der Waals surface area contributed by atoms with Gasteiger partial charge in [0.2, 0.25) is 5.91 Å². The molecule has 2 amide bonds. The maximum atomic E-state index is 12.3. The molecule has 2 N–H and O–H groups in total. The van der Waals surface area contributed by atoms with E-state index in [0.29, 0.717) is 43.1 Å². The van der Waals surface area contributed by atoms with Gasteiger partial charge in [0.15, 0.2) is 0 Å². The Kier molecular flexibility index (Phi) is 5.51. The first-order valence-corrected chi connectivity index (χ1v) is 9.33. The number of hydrogen-bond acceptors (Lipinski definition) is 3. The summed E-state index contributed by atoms with van der Waals surface area (Å²) in [5.74, 6) is -1.03. The van der Waals surface area contributed by atoms with Crippen molar-refractivity contribution in [3.8, 4) is 0 Å². The van der Waals surface area contributed by atoms with Crippen LogP contribution in [0.4, 0.5) is 0 Å². The van der Waals surface area contributed by atoms with E-state index < -0.39 is 5.97 Å². The number of benzene rings is 1. The van der Waals surface area contributed by atoms with Crippen molar-refractivity contribution < 1.29 is 19.5 Å². The third-order valence-corrected chi connectivity index (χ3v) is 5.81. The molecule has 2 aliphatic rings. The van der Waals surface area contributed by atoms with Crippen LogP contribution in [0.25, 0.3) is 0 Å². The van der Waals surface area contributed by atoms with Gasteiger partial charge in [-0.25, -0.2) is 0 Å². The van der Waals surface area contributed by atoms with E-state index in [1.165, 1.54) is 0 Å². The number of aliphatic carboxylic acids is 1. The molecule has 140 valence electrons. The van der Waals surface area contributed by atoms with E-state index in [0.717, 1.165) is 19.3 Å². The van der Waals surface area contributed by atoms with Gasteiger partial charge >= 0.3 is 5.97 Å². The number of carbonyl (C=O) groups excluding carboxylic acids is 2. The lowest BCUT2D eigenvalue weighted by Gasteiger charge is -2.32. The molecule has 3 rings (SSSR count). The average Bonchev–Trinajstić information content (AvgIpc) is 3.33. The number of amides is 2. The minimum atomic E-state index is -0.707. The molecule has 1 atom stereocenters. The highest BCUT2D eigenvalue weighted by molar-refractivity contribution is 6.30. The lowest BCUT2D eigenvalue weighted by molar-refractivity contribution is -0.139. The number of hydrogen-bond donors (Lipinski definition) is 2. The molecule has 1 saturated carbocycles. The Morgan fingerprint density at radius 1 is 1.19 bits per heavy atom. The highest BCUT2D eigenvalue weighted by atomic mass is 35.5. The van der Waals surface area contributed by atoms with Crippen molar-refractivity contribution in [2.75, 3.05) is 19.6 Å². The quantitative estimate of drug-likeness (QED) is 0.745. The maximum absolute atomic E-state index is 12.3. The van der Waals surface area contributed by atoms with Crippen molar-refractivity contribution in [1.29, 1.82) is 0 Å². The number of rotatable bonds is 6. The van der Waals surface area contributed by atoms with Crippen LogP contribution in [0, 0.1) is 11.3 Å². The van der Waals surface area contributed by atoms with E-state index in [2.05, 4.69) is 5.32 Å². The number of carboxylic acid groups (broad SMARTS) is 1. The maximum Gasteiger partial charge on any atom is 0.307 e. The zero-order chi connectivity index (χ0) is 18.7. The van der Waals surface area contributed by atoms with Crippen molar-refractivity contribution in [1.82, 2.24) is 10.2 Å². The van der Waals surface area contributed by atoms with Crippen molar-refractivity contribution in [2.45, 2.75) is 32.1 Å². The molecule has 0 aromatic heterocycles. The van der Waals surface area contributed by atoms with E-state index in [-0.39, 0.29) is 23.1 Å². The average molecular weight is 379 g/mol. The lowest BCUT2D eigenvalue weighted by atomic mass is 9.90. The second-order valence-corrected chi connectivity index (χ2v) is 7.64. The van der Waals surface area contributed by atoms with E-state index >= 15 is 0 Å². The molecule has 1 unspecified atom stereocenters. The number of likely N-dealkylation sites (tertiary alicyclic amines) is 1. The van der Waals surface area contributed by atoms with Crippen molar-refractivity contribution in [3.05, 3.63) is 34.9 Å². The smallest absolute Gasteiger partial charge is 0.307 e. The SMILES string of the molecule is O=C(NCCCC(=O)N1CCC2(CC1)CC2C(=O)O)c1ccc(Cl)cc1. The van der Waals surface area contributed by atoms with Crippen molar-refractivity contribution in [2.24, 2.45) is 11.3 Å². The zero-order valence-electron chi connectivity index (χ0n) is 14.5. The highest BCUT2D eigenvalue weighted by Gasteiger charge is 2.59. The summed E-state index contributed by atoms with van der Waals surface area (Å²) in [6.07, 6.45) is 3.28. The van der Waals surface area contributed by atoms with E-state index in [9.17, 15) is 14.4 Å². The number of carbonyl (C=O) groups is 3. The monoisotopic (exact) mass is 378 g/mol. The summed E-state index contributed by atoms with van der Waals surface area (Å²) in [5, 5.41) is 12.5. The van der Waals surface area contributed by atoms with Gasteiger partial charge in [0.1, 0.15) is 0 Å². The fourth-order valence-corrected chi connectivity index (χ4v) is 3.88. The minimum absolute atomic E-state index is 0.0603. The first-order valence-electron chi connectivity index (χ1n) is 8.96. The molecule has 2 fully saturated rings. The van der Waals surface area contributed by atoms with Gasteiger partial charge in [-0.1, -0.05) is 11.6 Å². The van der Waals surface area contributed by atoms with Crippen LogP contribution in [0.1, 0.15) is 42.5 Å². The Labute approximate surface area is 157 Å². The second-order valence-electron chi connectivity index (χ2n) is 7.20. The number of nitrogens with zero attached hydrogens (tertiary/aromatic N) is 1. The highest BCUT2D eigenvalue weighted by Crippen LogP contribution is 2.59. The molecule has 26 heavy (non-hydrogen) atoms. The summed E-state index contributed by atoms with van der Waals surface area (Å²) in [6, 6.07) is 6.65. The van der Waals surface area contributed by atoms with E-state index in [1.807, 2.05) is 4.90 Å². The van der Waals surface area contributed by atoms with Gasteiger partial charge in [-0.15, -0.1) is 0 Å². The first kappa shape index (κ1) is 18.7. The van der Waals surface area contributed by atoms with Gasteiger partial charge in [-0.3, -0.25) is 14.4 Å². The molecule has 1 aromatic carbocycles. The Bertz CT molecular complexity index is 696. The van der Waals surface area contributed by atoms with Crippen LogP contribution in [0.2, 0.25) is 5.02 Å². The van der Waals surface area contributed by atoms with Crippen LogP contribution in [-0.4, -0.2) is 47.4 Å². The molecule has 1 aliphatic heterocycles. The summed E-state index contributed by atoms with van der Waals surface area (Å²) in [4.78, 5) is 37.1. The molecule has 1 spiro atoms. The standard InChI is InChI=1S/C19H23ClN2O4/c20-14-5-3-13(4-6-14)17(24)21-9-1-2-16(23)22-10-7-19(8-11-22)12-15(19)18(25)26/h3-6,15H,1-2,7-12H2,(H,21,24)(H,25,26). The number of nitrogens with one attached hydrogen (secondary N) is 1. The summed E-state index contributed by atoms with van der Waals surface area (Å²) in [7, 11) is 0. The molecule has 1 aromatic rings. The molecular formula is C19H23ClN2O4. The second kappa shape index (κ2) is 7.66. The predicted molar refractivity (Wildman–Crippen MR) is 97.0 cm³/mol. The zero-order valence-corrected chi connectivity index (χ0v) is 15.3. The topological polar surface area (TPSA) is 86.7 Å². The minimum Gasteiger partial charge on any atom is -0.481 e. The number of halogens is 1. The molecule has 1 saturated heterocycles. The Hall–Kier alpha value is -2.08. The summed E-state index contributed by atoms with van der Waals surface area (Å²) in [6.45, 7) is 1.71. The van der Waals surface area contributed by atoms with Crippen LogP contribution < -0.4 is 5.32 Å². The van der Waals surface area contributed by atoms with Gasteiger partial charge < -0.3 is 15.3 Å². The Morgan fingerprint density at radius 2 is 1.85 bits per heavy atom. The first-order chi connectivity index (χ1) is 12.4. The molecule has 7 heteroatoms. The number of carboxylic acids is 1. The van der Waals surface area contributed by atoms with E-state index in [4.69, 9.17) is 16.7 Å². The molecule has 6 nitrogen and oxygen atoms in total. The summed E-state index contributed by atoms with van der Waals surface area (Å²) < 4.78 is 0.